The highest BCUT2D eigenvalue weighted by atomic mass is 35.5. The Balaban J connectivity index is 2.00. The SMILES string of the molecule is CC1CCC(CN)CN1C(=O)Cc1ccc(Cl)cc1. The van der Waals surface area contributed by atoms with Crippen LogP contribution < -0.4 is 5.73 Å². The van der Waals surface area contributed by atoms with Crippen LogP contribution in [0.15, 0.2) is 24.3 Å². The van der Waals surface area contributed by atoms with Crippen LogP contribution in [0, 0.1) is 5.92 Å². The lowest BCUT2D eigenvalue weighted by Crippen LogP contribution is -2.47. The summed E-state index contributed by atoms with van der Waals surface area (Å²) in [6.07, 6.45) is 2.62. The third-order valence-electron chi connectivity index (χ3n) is 3.90. The number of halogens is 1. The van der Waals surface area contributed by atoms with Crippen molar-refractivity contribution in [2.24, 2.45) is 11.7 Å². The number of carbonyl (C=O) groups excluding carboxylic acids is 1. The quantitative estimate of drug-likeness (QED) is 0.924. The summed E-state index contributed by atoms with van der Waals surface area (Å²) in [4.78, 5) is 14.4. The lowest BCUT2D eigenvalue weighted by atomic mass is 9.93. The Kier molecular flexibility index (Phi) is 4.83. The molecule has 1 amide bonds. The van der Waals surface area contributed by atoms with Crippen molar-refractivity contribution in [3.05, 3.63) is 34.9 Å². The van der Waals surface area contributed by atoms with E-state index in [0.717, 1.165) is 24.9 Å². The number of nitrogens with two attached hydrogens (primary N) is 1. The van der Waals surface area contributed by atoms with Crippen molar-refractivity contribution in [2.75, 3.05) is 13.1 Å². The van der Waals surface area contributed by atoms with Crippen LogP contribution in [0.5, 0.6) is 0 Å². The van der Waals surface area contributed by atoms with E-state index in [0.29, 0.717) is 29.9 Å². The summed E-state index contributed by atoms with van der Waals surface area (Å²) in [6.45, 7) is 3.58. The zero-order chi connectivity index (χ0) is 13.8. The normalized spacial score (nSPS) is 23.4. The van der Waals surface area contributed by atoms with E-state index in [4.69, 9.17) is 17.3 Å². The van der Waals surface area contributed by atoms with Gasteiger partial charge in [-0.25, -0.2) is 0 Å². The van der Waals surface area contributed by atoms with Gasteiger partial charge in [0.1, 0.15) is 0 Å². The second-order valence-electron chi connectivity index (χ2n) is 5.38. The van der Waals surface area contributed by atoms with E-state index in [2.05, 4.69) is 6.92 Å². The molecule has 1 aliphatic heterocycles. The summed E-state index contributed by atoms with van der Waals surface area (Å²) in [5, 5.41) is 0.700. The highest BCUT2D eigenvalue weighted by Gasteiger charge is 2.27. The Morgan fingerprint density at radius 3 is 2.68 bits per heavy atom. The van der Waals surface area contributed by atoms with Crippen molar-refractivity contribution in [1.29, 1.82) is 0 Å². The second-order valence-corrected chi connectivity index (χ2v) is 5.81. The first-order chi connectivity index (χ1) is 9.10. The molecule has 0 aromatic heterocycles. The minimum Gasteiger partial charge on any atom is -0.339 e. The van der Waals surface area contributed by atoms with E-state index in [1.165, 1.54) is 0 Å². The Bertz CT molecular complexity index is 432. The monoisotopic (exact) mass is 280 g/mol. The standard InChI is InChI=1S/C15H21ClN2O/c1-11-2-3-13(9-17)10-18(11)15(19)8-12-4-6-14(16)7-5-12/h4-7,11,13H,2-3,8-10,17H2,1H3. The molecule has 1 aliphatic rings. The lowest BCUT2D eigenvalue weighted by Gasteiger charge is -2.37. The van der Waals surface area contributed by atoms with Crippen molar-refractivity contribution >= 4 is 17.5 Å². The summed E-state index contributed by atoms with van der Waals surface area (Å²) in [5.41, 5.74) is 6.74. The first-order valence-corrected chi connectivity index (χ1v) is 7.22. The number of benzene rings is 1. The van der Waals surface area contributed by atoms with Crippen LogP contribution in [-0.4, -0.2) is 29.9 Å². The maximum Gasteiger partial charge on any atom is 0.227 e. The fraction of sp³-hybridized carbons (Fsp3) is 0.533. The number of hydrogen-bond acceptors (Lipinski definition) is 2. The van der Waals surface area contributed by atoms with Crippen LogP contribution in [0.3, 0.4) is 0 Å². The molecule has 0 saturated carbocycles. The van der Waals surface area contributed by atoms with Crippen LogP contribution in [0.25, 0.3) is 0 Å². The van der Waals surface area contributed by atoms with Crippen molar-refractivity contribution in [1.82, 2.24) is 4.90 Å². The highest BCUT2D eigenvalue weighted by molar-refractivity contribution is 6.30. The maximum atomic E-state index is 12.4. The summed E-state index contributed by atoms with van der Waals surface area (Å²) < 4.78 is 0. The topological polar surface area (TPSA) is 46.3 Å². The lowest BCUT2D eigenvalue weighted by molar-refractivity contribution is -0.134. The molecule has 2 rings (SSSR count). The molecular formula is C15H21ClN2O. The second kappa shape index (κ2) is 6.40. The van der Waals surface area contributed by atoms with Gasteiger partial charge in [0.05, 0.1) is 6.42 Å². The number of amides is 1. The largest absolute Gasteiger partial charge is 0.339 e. The van der Waals surface area contributed by atoms with Crippen molar-refractivity contribution in [3.8, 4) is 0 Å². The van der Waals surface area contributed by atoms with Gasteiger partial charge in [-0.15, -0.1) is 0 Å². The van der Waals surface area contributed by atoms with Crippen LogP contribution in [0.1, 0.15) is 25.3 Å². The van der Waals surface area contributed by atoms with E-state index >= 15 is 0 Å². The molecule has 3 nitrogen and oxygen atoms in total. The minimum absolute atomic E-state index is 0.188. The van der Waals surface area contributed by atoms with Gasteiger partial charge >= 0.3 is 0 Å². The molecule has 19 heavy (non-hydrogen) atoms. The van der Waals surface area contributed by atoms with Crippen LogP contribution in [0.2, 0.25) is 5.02 Å². The number of likely N-dealkylation sites (tertiary alicyclic amines) is 1. The number of carbonyl (C=O) groups is 1. The molecule has 0 radical (unpaired) electrons. The molecule has 104 valence electrons. The molecule has 1 saturated heterocycles. The minimum atomic E-state index is 0.188. The van der Waals surface area contributed by atoms with Crippen LogP contribution in [-0.2, 0) is 11.2 Å². The fourth-order valence-corrected chi connectivity index (χ4v) is 2.73. The molecule has 2 N–H and O–H groups in total. The van der Waals surface area contributed by atoms with Gasteiger partial charge in [-0.2, -0.15) is 0 Å². The maximum absolute atomic E-state index is 12.4. The van der Waals surface area contributed by atoms with Gasteiger partial charge in [-0.05, 0) is 49.9 Å². The number of rotatable bonds is 3. The Morgan fingerprint density at radius 1 is 1.37 bits per heavy atom. The van der Waals surface area contributed by atoms with E-state index in [1.54, 1.807) is 0 Å². The molecule has 2 atom stereocenters. The van der Waals surface area contributed by atoms with Gasteiger partial charge in [-0.3, -0.25) is 4.79 Å². The molecule has 1 aromatic rings. The Morgan fingerprint density at radius 2 is 2.05 bits per heavy atom. The van der Waals surface area contributed by atoms with E-state index in [9.17, 15) is 4.79 Å². The van der Waals surface area contributed by atoms with Gasteiger partial charge in [0.2, 0.25) is 5.91 Å². The summed E-state index contributed by atoms with van der Waals surface area (Å²) >= 11 is 5.85. The van der Waals surface area contributed by atoms with Gasteiger partial charge in [0, 0.05) is 17.6 Å². The predicted molar refractivity (Wildman–Crippen MR) is 78.1 cm³/mol. The molecule has 1 aromatic carbocycles. The zero-order valence-corrected chi connectivity index (χ0v) is 12.1. The third kappa shape index (κ3) is 3.71. The molecular weight excluding hydrogens is 260 g/mol. The Hall–Kier alpha value is -1.06. The summed E-state index contributed by atoms with van der Waals surface area (Å²) in [5.74, 6) is 0.637. The van der Waals surface area contributed by atoms with Crippen LogP contribution >= 0.6 is 11.6 Å². The van der Waals surface area contributed by atoms with Gasteiger partial charge in [0.25, 0.3) is 0 Å². The predicted octanol–water partition coefficient (Wildman–Crippen LogP) is 2.47. The average Bonchev–Trinajstić information content (AvgIpc) is 2.42. The fourth-order valence-electron chi connectivity index (χ4n) is 2.60. The number of piperidine rings is 1. The van der Waals surface area contributed by atoms with E-state index in [-0.39, 0.29) is 5.91 Å². The highest BCUT2D eigenvalue weighted by Crippen LogP contribution is 2.22. The summed E-state index contributed by atoms with van der Waals surface area (Å²) in [7, 11) is 0. The average molecular weight is 281 g/mol. The van der Waals surface area contributed by atoms with Crippen molar-refractivity contribution < 1.29 is 4.79 Å². The van der Waals surface area contributed by atoms with Gasteiger partial charge in [-0.1, -0.05) is 23.7 Å². The van der Waals surface area contributed by atoms with Crippen molar-refractivity contribution in [2.45, 2.75) is 32.2 Å². The number of hydrogen-bond donors (Lipinski definition) is 1. The van der Waals surface area contributed by atoms with Gasteiger partial charge in [0.15, 0.2) is 0 Å². The van der Waals surface area contributed by atoms with Crippen LogP contribution in [0.4, 0.5) is 0 Å². The molecule has 4 heteroatoms. The van der Waals surface area contributed by atoms with E-state index < -0.39 is 0 Å². The first-order valence-electron chi connectivity index (χ1n) is 6.84. The molecule has 0 aliphatic carbocycles. The first kappa shape index (κ1) is 14.4. The number of nitrogens with zero attached hydrogens (tertiary/aromatic N) is 1. The molecule has 1 heterocycles. The van der Waals surface area contributed by atoms with E-state index in [1.807, 2.05) is 29.2 Å². The Labute approximate surface area is 119 Å². The molecule has 1 fully saturated rings. The molecule has 2 unspecified atom stereocenters. The third-order valence-corrected chi connectivity index (χ3v) is 4.15. The van der Waals surface area contributed by atoms with Crippen molar-refractivity contribution in [3.63, 3.8) is 0 Å². The molecule has 0 bridgehead atoms. The van der Waals surface area contributed by atoms with Gasteiger partial charge < -0.3 is 10.6 Å². The summed E-state index contributed by atoms with van der Waals surface area (Å²) in [6, 6.07) is 7.80. The smallest absolute Gasteiger partial charge is 0.227 e. The molecule has 0 spiro atoms. The zero-order valence-electron chi connectivity index (χ0n) is 11.3.